The highest BCUT2D eigenvalue weighted by molar-refractivity contribution is 7.90. The van der Waals surface area contributed by atoms with Crippen molar-refractivity contribution in [2.24, 2.45) is 11.8 Å². The number of aryl methyl sites for hydroxylation is 1. The molecule has 9 heteroatoms. The van der Waals surface area contributed by atoms with Crippen molar-refractivity contribution in [3.8, 4) is 5.75 Å². The summed E-state index contributed by atoms with van der Waals surface area (Å²) < 4.78 is 35.3. The van der Waals surface area contributed by atoms with Gasteiger partial charge in [0, 0.05) is 29.1 Å². The van der Waals surface area contributed by atoms with Gasteiger partial charge < -0.3 is 14.7 Å². The van der Waals surface area contributed by atoms with Crippen molar-refractivity contribution in [2.75, 3.05) is 24.6 Å². The number of fused-ring (bicyclic) bond motifs is 4. The van der Waals surface area contributed by atoms with Gasteiger partial charge in [0.25, 0.3) is 5.91 Å². The molecule has 5 atom stereocenters. The highest BCUT2D eigenvalue weighted by Gasteiger charge is 2.44. The predicted molar refractivity (Wildman–Crippen MR) is 166 cm³/mol. The standard InChI is InChI=1S/C33H41ClN2O5S/c1-2-26-8-4-3-5-9-30(37)27-13-10-24(27)19-36-20-33(16-6-7-22-17-25(34)12-14-28(22)33)21-41-31-15-11-23(18-29(31)36)32(38)35-42(26,39)40/h3,5,11-12,14-15,17-18,24,26-27,30,37H,2,4,6-10,13,16,19-21H2,1H3,(H,35,38)/b5-3+/t24-,26+,27+,30-,33-/m0/s1. The van der Waals surface area contributed by atoms with Crippen LogP contribution in [0.5, 0.6) is 5.75 Å². The third-order valence-electron chi connectivity index (χ3n) is 10.1. The topological polar surface area (TPSA) is 95.9 Å². The minimum absolute atomic E-state index is 0.196. The lowest BCUT2D eigenvalue weighted by Crippen LogP contribution is -2.49. The Balaban J connectivity index is 1.41. The average Bonchev–Trinajstić information content (AvgIpc) is 3.09. The van der Waals surface area contributed by atoms with Crippen molar-refractivity contribution >= 4 is 33.2 Å². The van der Waals surface area contributed by atoms with Crippen molar-refractivity contribution in [1.29, 1.82) is 0 Å². The van der Waals surface area contributed by atoms with Crippen LogP contribution in [0.15, 0.2) is 48.6 Å². The highest BCUT2D eigenvalue weighted by Crippen LogP contribution is 2.46. The first-order chi connectivity index (χ1) is 20.2. The fraction of sp³-hybridized carbons (Fsp3) is 0.545. The first-order valence-corrected chi connectivity index (χ1v) is 17.3. The zero-order valence-electron chi connectivity index (χ0n) is 24.2. The summed E-state index contributed by atoms with van der Waals surface area (Å²) in [6.07, 6.45) is 10.5. The van der Waals surface area contributed by atoms with Gasteiger partial charge in [-0.25, -0.2) is 13.1 Å². The molecule has 2 aliphatic carbocycles. The largest absolute Gasteiger partial charge is 0.490 e. The van der Waals surface area contributed by atoms with Gasteiger partial charge in [0.2, 0.25) is 10.0 Å². The van der Waals surface area contributed by atoms with Gasteiger partial charge in [-0.3, -0.25) is 4.79 Å². The quantitative estimate of drug-likeness (QED) is 0.397. The van der Waals surface area contributed by atoms with Crippen LogP contribution in [0.25, 0.3) is 0 Å². The summed E-state index contributed by atoms with van der Waals surface area (Å²) in [6.45, 7) is 3.76. The molecule has 42 heavy (non-hydrogen) atoms. The molecule has 0 aromatic heterocycles. The second-order valence-corrected chi connectivity index (χ2v) is 15.0. The summed E-state index contributed by atoms with van der Waals surface area (Å²) in [7, 11) is -3.86. The zero-order chi connectivity index (χ0) is 29.5. The molecule has 1 saturated carbocycles. The number of allylic oxidation sites excluding steroid dienone is 1. The number of halogens is 1. The van der Waals surface area contributed by atoms with E-state index in [1.165, 1.54) is 11.1 Å². The van der Waals surface area contributed by atoms with E-state index < -0.39 is 27.3 Å². The first kappa shape index (κ1) is 29.5. The molecule has 2 aromatic carbocycles. The molecule has 1 spiro atoms. The maximum Gasteiger partial charge on any atom is 0.264 e. The van der Waals surface area contributed by atoms with E-state index in [1.54, 1.807) is 18.2 Å². The Bertz CT molecular complexity index is 1480. The smallest absolute Gasteiger partial charge is 0.264 e. The lowest BCUT2D eigenvalue weighted by atomic mass is 9.68. The minimum Gasteiger partial charge on any atom is -0.490 e. The summed E-state index contributed by atoms with van der Waals surface area (Å²) in [5.41, 5.74) is 3.36. The predicted octanol–water partition coefficient (Wildman–Crippen LogP) is 5.78. The number of nitrogens with zero attached hydrogens (tertiary/aromatic N) is 1. The number of ether oxygens (including phenoxy) is 1. The summed E-state index contributed by atoms with van der Waals surface area (Å²) in [4.78, 5) is 15.7. The second-order valence-electron chi connectivity index (χ2n) is 12.6. The number of carbonyl (C=O) groups is 1. The number of carbonyl (C=O) groups excluding carboxylic acids is 1. The van der Waals surface area contributed by atoms with E-state index in [4.69, 9.17) is 16.3 Å². The summed E-state index contributed by atoms with van der Waals surface area (Å²) >= 11 is 6.39. The molecule has 4 aliphatic rings. The van der Waals surface area contributed by atoms with E-state index in [0.29, 0.717) is 56.1 Å². The van der Waals surface area contributed by atoms with Crippen LogP contribution < -0.4 is 14.4 Å². The first-order valence-electron chi connectivity index (χ1n) is 15.4. The molecule has 2 heterocycles. The van der Waals surface area contributed by atoms with Crippen LogP contribution in [0.2, 0.25) is 5.02 Å². The molecule has 2 N–H and O–H groups in total. The third-order valence-corrected chi connectivity index (χ3v) is 12.2. The molecule has 0 unspecified atom stereocenters. The molecule has 0 saturated heterocycles. The average molecular weight is 613 g/mol. The summed E-state index contributed by atoms with van der Waals surface area (Å²) in [5.74, 6) is 0.574. The maximum atomic E-state index is 13.4. The fourth-order valence-corrected chi connectivity index (χ4v) is 9.15. The Morgan fingerprint density at radius 1 is 1.14 bits per heavy atom. The van der Waals surface area contributed by atoms with E-state index in [1.807, 2.05) is 25.1 Å². The van der Waals surface area contributed by atoms with E-state index >= 15 is 0 Å². The number of sulfonamides is 1. The lowest BCUT2D eigenvalue weighted by Gasteiger charge is -2.45. The van der Waals surface area contributed by atoms with Crippen LogP contribution in [0.3, 0.4) is 0 Å². The zero-order valence-corrected chi connectivity index (χ0v) is 25.8. The van der Waals surface area contributed by atoms with Crippen molar-refractivity contribution in [2.45, 2.75) is 81.5 Å². The van der Waals surface area contributed by atoms with Gasteiger partial charge in [0.1, 0.15) is 5.75 Å². The van der Waals surface area contributed by atoms with Gasteiger partial charge in [-0.2, -0.15) is 0 Å². The van der Waals surface area contributed by atoms with E-state index in [-0.39, 0.29) is 11.3 Å². The summed E-state index contributed by atoms with van der Waals surface area (Å²) in [5, 5.41) is 11.2. The molecular formula is C33H41ClN2O5S. The molecular weight excluding hydrogens is 572 g/mol. The van der Waals surface area contributed by atoms with E-state index in [2.05, 4.69) is 21.8 Å². The molecule has 1 fully saturated rings. The van der Waals surface area contributed by atoms with Gasteiger partial charge in [-0.05, 0) is 111 Å². The number of amides is 1. The van der Waals surface area contributed by atoms with Crippen LogP contribution >= 0.6 is 11.6 Å². The monoisotopic (exact) mass is 612 g/mol. The van der Waals surface area contributed by atoms with Gasteiger partial charge in [-0.15, -0.1) is 0 Å². The number of benzene rings is 2. The lowest BCUT2D eigenvalue weighted by molar-refractivity contribution is 0.0177. The Kier molecular flexibility index (Phi) is 8.33. The third kappa shape index (κ3) is 5.70. The number of hydrogen-bond acceptors (Lipinski definition) is 6. The Morgan fingerprint density at radius 3 is 2.79 bits per heavy atom. The summed E-state index contributed by atoms with van der Waals surface area (Å²) in [6, 6.07) is 11.4. The Hall–Kier alpha value is -2.55. The number of aliphatic hydroxyl groups is 1. The van der Waals surface area contributed by atoms with Gasteiger partial charge >= 0.3 is 0 Å². The number of aliphatic hydroxyl groups excluding tert-OH is 1. The number of hydrogen-bond donors (Lipinski definition) is 2. The second kappa shape index (κ2) is 11.9. The minimum atomic E-state index is -3.86. The van der Waals surface area contributed by atoms with Crippen LogP contribution in [-0.2, 0) is 21.9 Å². The van der Waals surface area contributed by atoms with Crippen LogP contribution in [0.4, 0.5) is 5.69 Å². The van der Waals surface area contributed by atoms with Crippen molar-refractivity contribution in [3.05, 3.63) is 70.3 Å². The molecule has 226 valence electrons. The Labute approximate surface area is 254 Å². The number of anilines is 1. The maximum absolute atomic E-state index is 13.4. The van der Waals surface area contributed by atoms with Crippen LogP contribution in [-0.4, -0.2) is 50.5 Å². The normalized spacial score (nSPS) is 31.8. The van der Waals surface area contributed by atoms with Crippen LogP contribution in [0.1, 0.15) is 79.8 Å². The molecule has 1 amide bonds. The molecule has 6 rings (SSSR count). The van der Waals surface area contributed by atoms with Gasteiger partial charge in [-0.1, -0.05) is 36.7 Å². The van der Waals surface area contributed by atoms with E-state index in [0.717, 1.165) is 49.4 Å². The van der Waals surface area contributed by atoms with Gasteiger partial charge in [0.15, 0.2) is 0 Å². The van der Waals surface area contributed by atoms with E-state index in [9.17, 15) is 18.3 Å². The molecule has 2 bridgehead atoms. The highest BCUT2D eigenvalue weighted by atomic mass is 35.5. The Morgan fingerprint density at radius 2 is 2.00 bits per heavy atom. The van der Waals surface area contributed by atoms with Crippen molar-refractivity contribution < 1.29 is 23.1 Å². The number of nitrogens with one attached hydrogen (secondary N) is 1. The SMILES string of the molecule is CC[C@@H]1CC/C=C/C[C@H](O)[C@@H]2CC[C@H]2CN2C[C@@]3(CCCc4cc(Cl)ccc43)COc3ccc(cc32)C(=O)NS1(=O)=O. The molecule has 2 aliphatic heterocycles. The van der Waals surface area contributed by atoms with Crippen molar-refractivity contribution in [3.63, 3.8) is 0 Å². The van der Waals surface area contributed by atoms with Gasteiger partial charge in [0.05, 0.1) is 23.6 Å². The fourth-order valence-electron chi connectivity index (χ4n) is 7.53. The number of rotatable bonds is 1. The van der Waals surface area contributed by atoms with Crippen LogP contribution in [0, 0.1) is 11.8 Å². The molecule has 2 aromatic rings. The van der Waals surface area contributed by atoms with Crippen molar-refractivity contribution in [1.82, 2.24) is 4.72 Å². The molecule has 0 radical (unpaired) electrons. The molecule has 7 nitrogen and oxygen atoms in total.